The molecule has 1 aromatic heterocycles. The van der Waals surface area contributed by atoms with Gasteiger partial charge in [-0.25, -0.2) is 4.98 Å². The molecule has 0 atom stereocenters. The van der Waals surface area contributed by atoms with Crippen LogP contribution >= 0.6 is 0 Å². The maximum atomic E-state index is 6.00. The van der Waals surface area contributed by atoms with Crippen molar-refractivity contribution in [3.63, 3.8) is 0 Å². The minimum Gasteiger partial charge on any atom is -0.369 e. The molecule has 0 radical (unpaired) electrons. The molecule has 1 heterocycles. The predicted molar refractivity (Wildman–Crippen MR) is 74.4 cm³/mol. The van der Waals surface area contributed by atoms with Crippen LogP contribution in [0.15, 0.2) is 48.5 Å². The van der Waals surface area contributed by atoms with E-state index in [1.807, 2.05) is 24.3 Å². The Morgan fingerprint density at radius 3 is 2.61 bits per heavy atom. The van der Waals surface area contributed by atoms with Gasteiger partial charge in [0.2, 0.25) is 5.95 Å². The molecule has 0 spiro atoms. The maximum Gasteiger partial charge on any atom is 0.201 e. The summed E-state index contributed by atoms with van der Waals surface area (Å²) in [5.41, 5.74) is 10.6. The lowest BCUT2D eigenvalue weighted by Gasteiger charge is -2.09. The number of fused-ring (bicyclic) bond motifs is 1. The third-order valence-corrected chi connectivity index (χ3v) is 3.27. The van der Waals surface area contributed by atoms with E-state index in [0.29, 0.717) is 5.95 Å². The number of anilines is 1. The molecule has 2 N–H and O–H groups in total. The quantitative estimate of drug-likeness (QED) is 0.744. The molecule has 0 fully saturated rings. The van der Waals surface area contributed by atoms with Crippen LogP contribution in [0.2, 0.25) is 0 Å². The van der Waals surface area contributed by atoms with Crippen molar-refractivity contribution in [1.29, 1.82) is 0 Å². The van der Waals surface area contributed by atoms with E-state index in [1.165, 1.54) is 11.1 Å². The third kappa shape index (κ3) is 1.74. The van der Waals surface area contributed by atoms with Gasteiger partial charge in [-0.15, -0.1) is 0 Å². The Morgan fingerprint density at radius 1 is 1.06 bits per heavy atom. The van der Waals surface area contributed by atoms with Crippen molar-refractivity contribution >= 4 is 17.0 Å². The molecule has 3 heteroatoms. The van der Waals surface area contributed by atoms with Gasteiger partial charge in [-0.1, -0.05) is 36.4 Å². The summed E-state index contributed by atoms with van der Waals surface area (Å²) in [5.74, 6) is 0.569. The lowest BCUT2D eigenvalue weighted by atomic mass is 10.1. The smallest absolute Gasteiger partial charge is 0.201 e. The van der Waals surface area contributed by atoms with Gasteiger partial charge in [0.1, 0.15) is 0 Å². The second-order valence-corrected chi connectivity index (χ2v) is 4.47. The monoisotopic (exact) mass is 237 g/mol. The Morgan fingerprint density at radius 2 is 1.78 bits per heavy atom. The summed E-state index contributed by atoms with van der Waals surface area (Å²) in [7, 11) is 0. The second kappa shape index (κ2) is 4.18. The highest BCUT2D eigenvalue weighted by Crippen LogP contribution is 2.20. The summed E-state index contributed by atoms with van der Waals surface area (Å²) in [4.78, 5) is 4.38. The average molecular weight is 237 g/mol. The molecule has 18 heavy (non-hydrogen) atoms. The molecule has 3 aromatic rings. The summed E-state index contributed by atoms with van der Waals surface area (Å²) in [6.45, 7) is 2.88. The van der Waals surface area contributed by atoms with E-state index in [2.05, 4.69) is 40.7 Å². The highest BCUT2D eigenvalue weighted by atomic mass is 15.1. The first-order valence-corrected chi connectivity index (χ1v) is 6.01. The number of benzene rings is 2. The van der Waals surface area contributed by atoms with E-state index in [0.717, 1.165) is 17.6 Å². The van der Waals surface area contributed by atoms with Crippen molar-refractivity contribution in [2.24, 2.45) is 0 Å². The number of para-hydroxylation sites is 2. The summed E-state index contributed by atoms with van der Waals surface area (Å²) < 4.78 is 2.05. The normalized spacial score (nSPS) is 10.9. The Labute approximate surface area is 106 Å². The van der Waals surface area contributed by atoms with Gasteiger partial charge in [0, 0.05) is 0 Å². The molecule has 90 valence electrons. The van der Waals surface area contributed by atoms with Crippen LogP contribution < -0.4 is 5.73 Å². The van der Waals surface area contributed by atoms with E-state index < -0.39 is 0 Å². The van der Waals surface area contributed by atoms with Crippen molar-refractivity contribution in [2.45, 2.75) is 13.5 Å². The van der Waals surface area contributed by atoms with Crippen molar-refractivity contribution < 1.29 is 0 Å². The molecule has 0 aliphatic carbocycles. The third-order valence-electron chi connectivity index (χ3n) is 3.27. The highest BCUT2D eigenvalue weighted by Gasteiger charge is 2.08. The second-order valence-electron chi connectivity index (χ2n) is 4.47. The standard InChI is InChI=1S/C15H15N3/c1-11-6-2-3-7-12(11)10-18-14-9-5-4-8-13(14)17-15(18)16/h2-9H,10H2,1H3,(H2,16,17). The largest absolute Gasteiger partial charge is 0.369 e. The first kappa shape index (κ1) is 10.8. The number of imidazole rings is 1. The fourth-order valence-electron chi connectivity index (χ4n) is 2.22. The molecule has 0 aliphatic heterocycles. The average Bonchev–Trinajstić information content (AvgIpc) is 2.69. The van der Waals surface area contributed by atoms with Crippen LogP contribution in [-0.2, 0) is 6.54 Å². The number of nitrogens with zero attached hydrogens (tertiary/aromatic N) is 2. The number of hydrogen-bond acceptors (Lipinski definition) is 2. The number of aromatic nitrogens is 2. The molecule has 0 saturated carbocycles. The molecule has 0 unspecified atom stereocenters. The van der Waals surface area contributed by atoms with E-state index in [1.54, 1.807) is 0 Å². The molecule has 2 aromatic carbocycles. The lowest BCUT2D eigenvalue weighted by molar-refractivity contribution is 0.832. The highest BCUT2D eigenvalue weighted by molar-refractivity contribution is 5.78. The number of nitrogens with two attached hydrogens (primary N) is 1. The van der Waals surface area contributed by atoms with Crippen LogP contribution in [0.25, 0.3) is 11.0 Å². The first-order valence-electron chi connectivity index (χ1n) is 6.01. The molecule has 3 nitrogen and oxygen atoms in total. The van der Waals surface area contributed by atoms with Crippen LogP contribution in [0, 0.1) is 6.92 Å². The molecular weight excluding hydrogens is 222 g/mol. The minimum absolute atomic E-state index is 0.569. The van der Waals surface area contributed by atoms with Crippen LogP contribution in [-0.4, -0.2) is 9.55 Å². The number of hydrogen-bond donors (Lipinski definition) is 1. The Hall–Kier alpha value is -2.29. The first-order chi connectivity index (χ1) is 8.75. The lowest BCUT2D eigenvalue weighted by Crippen LogP contribution is -2.05. The van der Waals surface area contributed by atoms with Gasteiger partial charge in [0.25, 0.3) is 0 Å². The minimum atomic E-state index is 0.569. The topological polar surface area (TPSA) is 43.8 Å². The Kier molecular flexibility index (Phi) is 2.52. The molecule has 0 bridgehead atoms. The van der Waals surface area contributed by atoms with Crippen LogP contribution in [0.4, 0.5) is 5.95 Å². The number of nitrogen functional groups attached to an aromatic ring is 1. The zero-order chi connectivity index (χ0) is 12.5. The Bertz CT molecular complexity index is 698. The fraction of sp³-hybridized carbons (Fsp3) is 0.133. The van der Waals surface area contributed by atoms with Gasteiger partial charge in [0.15, 0.2) is 0 Å². The Balaban J connectivity index is 2.10. The fourth-order valence-corrected chi connectivity index (χ4v) is 2.22. The van der Waals surface area contributed by atoms with Crippen LogP contribution in [0.1, 0.15) is 11.1 Å². The molecule has 0 aliphatic rings. The molecular formula is C15H15N3. The van der Waals surface area contributed by atoms with Gasteiger partial charge in [-0.3, -0.25) is 0 Å². The summed E-state index contributed by atoms with van der Waals surface area (Å²) in [6.07, 6.45) is 0. The van der Waals surface area contributed by atoms with Gasteiger partial charge >= 0.3 is 0 Å². The van der Waals surface area contributed by atoms with Gasteiger partial charge < -0.3 is 10.3 Å². The molecule has 0 saturated heterocycles. The number of aryl methyl sites for hydroxylation is 1. The van der Waals surface area contributed by atoms with E-state index in [4.69, 9.17) is 5.73 Å². The molecule has 0 amide bonds. The summed E-state index contributed by atoms with van der Waals surface area (Å²) in [5, 5.41) is 0. The van der Waals surface area contributed by atoms with Crippen LogP contribution in [0.3, 0.4) is 0 Å². The van der Waals surface area contributed by atoms with Crippen molar-refractivity contribution in [3.8, 4) is 0 Å². The van der Waals surface area contributed by atoms with Crippen LogP contribution in [0.5, 0.6) is 0 Å². The van der Waals surface area contributed by atoms with Crippen molar-refractivity contribution in [1.82, 2.24) is 9.55 Å². The summed E-state index contributed by atoms with van der Waals surface area (Å²) in [6, 6.07) is 16.4. The maximum absolute atomic E-state index is 6.00. The van der Waals surface area contributed by atoms with Gasteiger partial charge in [-0.2, -0.15) is 0 Å². The zero-order valence-electron chi connectivity index (χ0n) is 10.3. The van der Waals surface area contributed by atoms with Crippen molar-refractivity contribution in [2.75, 3.05) is 5.73 Å². The SMILES string of the molecule is Cc1ccccc1Cn1c(N)nc2ccccc21. The zero-order valence-corrected chi connectivity index (χ0v) is 10.3. The van der Waals surface area contributed by atoms with E-state index in [-0.39, 0.29) is 0 Å². The van der Waals surface area contributed by atoms with E-state index in [9.17, 15) is 0 Å². The number of rotatable bonds is 2. The van der Waals surface area contributed by atoms with E-state index >= 15 is 0 Å². The van der Waals surface area contributed by atoms with Gasteiger partial charge in [0.05, 0.1) is 17.6 Å². The van der Waals surface area contributed by atoms with Gasteiger partial charge in [-0.05, 0) is 30.2 Å². The summed E-state index contributed by atoms with van der Waals surface area (Å²) >= 11 is 0. The van der Waals surface area contributed by atoms with Crippen molar-refractivity contribution in [3.05, 3.63) is 59.7 Å². The molecule has 3 rings (SSSR count). The predicted octanol–water partition coefficient (Wildman–Crippen LogP) is 2.98.